The van der Waals surface area contributed by atoms with Gasteiger partial charge in [0.25, 0.3) is 10.0 Å². The monoisotopic (exact) mass is 442 g/mol. The third kappa shape index (κ3) is 5.04. The van der Waals surface area contributed by atoms with Crippen LogP contribution in [-0.2, 0) is 14.8 Å². The molecule has 32 heavy (non-hydrogen) atoms. The third-order valence-electron chi connectivity index (χ3n) is 4.99. The maximum Gasteiger partial charge on any atom is 0.261 e. The van der Waals surface area contributed by atoms with E-state index in [-0.39, 0.29) is 10.8 Å². The lowest BCUT2D eigenvalue weighted by Crippen LogP contribution is -2.22. The summed E-state index contributed by atoms with van der Waals surface area (Å²) in [6.07, 6.45) is 0. The topological polar surface area (TPSA) is 75.3 Å². The Kier molecular flexibility index (Phi) is 6.33. The first-order valence-corrected chi connectivity index (χ1v) is 11.6. The van der Waals surface area contributed by atoms with E-state index in [9.17, 15) is 13.2 Å². The molecule has 0 saturated carbocycles. The van der Waals surface area contributed by atoms with Crippen molar-refractivity contribution in [3.63, 3.8) is 0 Å². The largest absolute Gasteiger partial charge is 0.325 e. The molecule has 0 fully saturated rings. The van der Waals surface area contributed by atoms with Crippen molar-refractivity contribution in [2.45, 2.75) is 10.8 Å². The molecule has 4 aromatic rings. The summed E-state index contributed by atoms with van der Waals surface area (Å²) >= 11 is 0. The van der Waals surface area contributed by atoms with Crippen LogP contribution < -0.4 is 10.0 Å². The average molecular weight is 443 g/mol. The molecule has 0 bridgehead atoms. The van der Waals surface area contributed by atoms with Crippen LogP contribution in [0.5, 0.6) is 0 Å². The molecule has 2 N–H and O–H groups in total. The van der Waals surface area contributed by atoms with Crippen LogP contribution >= 0.6 is 0 Å². The van der Waals surface area contributed by atoms with Gasteiger partial charge in [-0.1, -0.05) is 78.9 Å². The number of anilines is 2. The van der Waals surface area contributed by atoms with Crippen LogP contribution in [0.3, 0.4) is 0 Å². The molecule has 0 aromatic heterocycles. The number of carbonyl (C=O) groups is 1. The number of benzene rings is 4. The maximum absolute atomic E-state index is 13.2. The first-order valence-electron chi connectivity index (χ1n) is 10.1. The molecular formula is C26H22N2O3S. The number of hydrogen-bond acceptors (Lipinski definition) is 3. The van der Waals surface area contributed by atoms with Crippen molar-refractivity contribution in [1.29, 1.82) is 0 Å². The summed E-state index contributed by atoms with van der Waals surface area (Å²) in [4.78, 5) is 13.3. The molecule has 0 saturated heterocycles. The predicted molar refractivity (Wildman–Crippen MR) is 127 cm³/mol. The number of rotatable bonds is 7. The zero-order valence-corrected chi connectivity index (χ0v) is 18.0. The molecule has 0 spiro atoms. The van der Waals surface area contributed by atoms with E-state index in [4.69, 9.17) is 0 Å². The molecule has 4 aromatic carbocycles. The quantitative estimate of drug-likeness (QED) is 0.410. The Bertz CT molecular complexity index is 1240. The van der Waals surface area contributed by atoms with Crippen LogP contribution in [0.15, 0.2) is 120 Å². The minimum atomic E-state index is -3.72. The molecule has 1 amide bonds. The van der Waals surface area contributed by atoms with Crippen molar-refractivity contribution in [1.82, 2.24) is 0 Å². The SMILES string of the molecule is O=C(Nc1ccc(S(=O)(=O)Nc2ccccc2)cc1)C(c1ccccc1)c1ccccc1. The van der Waals surface area contributed by atoms with Gasteiger partial charge >= 0.3 is 0 Å². The van der Waals surface area contributed by atoms with Crippen molar-refractivity contribution in [2.75, 3.05) is 10.0 Å². The Balaban J connectivity index is 1.54. The van der Waals surface area contributed by atoms with Crippen LogP contribution in [0.2, 0.25) is 0 Å². The normalized spacial score (nSPS) is 11.2. The van der Waals surface area contributed by atoms with Gasteiger partial charge in [0, 0.05) is 11.4 Å². The van der Waals surface area contributed by atoms with E-state index in [0.29, 0.717) is 11.4 Å². The smallest absolute Gasteiger partial charge is 0.261 e. The molecule has 0 radical (unpaired) electrons. The summed E-state index contributed by atoms with van der Waals surface area (Å²) < 4.78 is 27.8. The Hall–Kier alpha value is -3.90. The number of para-hydroxylation sites is 1. The van der Waals surface area contributed by atoms with E-state index in [0.717, 1.165) is 11.1 Å². The lowest BCUT2D eigenvalue weighted by molar-refractivity contribution is -0.116. The zero-order chi connectivity index (χ0) is 22.4. The van der Waals surface area contributed by atoms with Gasteiger partial charge in [0.05, 0.1) is 10.8 Å². The van der Waals surface area contributed by atoms with Crippen LogP contribution in [0.25, 0.3) is 0 Å². The van der Waals surface area contributed by atoms with Crippen molar-refractivity contribution >= 4 is 27.3 Å². The third-order valence-corrected chi connectivity index (χ3v) is 6.38. The summed E-state index contributed by atoms with van der Waals surface area (Å²) in [6.45, 7) is 0. The molecule has 4 rings (SSSR count). The van der Waals surface area contributed by atoms with Gasteiger partial charge in [-0.05, 0) is 47.5 Å². The number of amides is 1. The van der Waals surface area contributed by atoms with Crippen molar-refractivity contribution in [2.24, 2.45) is 0 Å². The summed E-state index contributed by atoms with van der Waals surface area (Å²) in [5.74, 6) is -0.680. The number of nitrogens with one attached hydrogen (secondary N) is 2. The van der Waals surface area contributed by atoms with E-state index < -0.39 is 15.9 Å². The van der Waals surface area contributed by atoms with Crippen molar-refractivity contribution in [3.8, 4) is 0 Å². The fourth-order valence-electron chi connectivity index (χ4n) is 3.44. The van der Waals surface area contributed by atoms with E-state index in [2.05, 4.69) is 10.0 Å². The zero-order valence-electron chi connectivity index (χ0n) is 17.2. The first-order chi connectivity index (χ1) is 15.5. The summed E-state index contributed by atoms with van der Waals surface area (Å²) in [7, 11) is -3.72. The molecular weight excluding hydrogens is 420 g/mol. The second-order valence-corrected chi connectivity index (χ2v) is 8.92. The van der Waals surface area contributed by atoms with Gasteiger partial charge in [-0.3, -0.25) is 9.52 Å². The molecule has 5 nitrogen and oxygen atoms in total. The Morgan fingerprint density at radius 2 is 1.06 bits per heavy atom. The highest BCUT2D eigenvalue weighted by Gasteiger charge is 2.23. The Morgan fingerprint density at radius 3 is 1.56 bits per heavy atom. The van der Waals surface area contributed by atoms with Crippen LogP contribution in [-0.4, -0.2) is 14.3 Å². The van der Waals surface area contributed by atoms with Gasteiger partial charge in [0.2, 0.25) is 5.91 Å². The van der Waals surface area contributed by atoms with E-state index in [1.165, 1.54) is 12.1 Å². The van der Waals surface area contributed by atoms with Crippen LogP contribution in [0.1, 0.15) is 17.0 Å². The average Bonchev–Trinajstić information content (AvgIpc) is 2.81. The molecule has 0 heterocycles. The summed E-state index contributed by atoms with van der Waals surface area (Å²) in [5, 5.41) is 2.91. The summed E-state index contributed by atoms with van der Waals surface area (Å²) in [5.41, 5.74) is 2.76. The van der Waals surface area contributed by atoms with E-state index in [1.54, 1.807) is 36.4 Å². The standard InChI is InChI=1S/C26H22N2O3S/c29-26(25(20-10-4-1-5-11-20)21-12-6-2-7-13-21)27-22-16-18-24(19-17-22)32(30,31)28-23-14-8-3-9-15-23/h1-19,25,28H,(H,27,29). The Morgan fingerprint density at radius 1 is 0.594 bits per heavy atom. The minimum absolute atomic E-state index is 0.113. The highest BCUT2D eigenvalue weighted by atomic mass is 32.2. The number of hydrogen-bond donors (Lipinski definition) is 2. The first kappa shape index (κ1) is 21.3. The lowest BCUT2D eigenvalue weighted by atomic mass is 9.90. The van der Waals surface area contributed by atoms with Crippen molar-refractivity contribution in [3.05, 3.63) is 126 Å². The van der Waals surface area contributed by atoms with Gasteiger partial charge < -0.3 is 5.32 Å². The number of carbonyl (C=O) groups excluding carboxylic acids is 1. The second-order valence-electron chi connectivity index (χ2n) is 7.24. The van der Waals surface area contributed by atoms with Gasteiger partial charge in [0.15, 0.2) is 0 Å². The minimum Gasteiger partial charge on any atom is -0.325 e. The second kappa shape index (κ2) is 9.49. The Labute approximate surface area is 187 Å². The molecule has 0 aliphatic carbocycles. The molecule has 0 atom stereocenters. The van der Waals surface area contributed by atoms with Gasteiger partial charge in [-0.2, -0.15) is 0 Å². The van der Waals surface area contributed by atoms with Crippen LogP contribution in [0.4, 0.5) is 11.4 Å². The lowest BCUT2D eigenvalue weighted by Gasteiger charge is -2.18. The fourth-order valence-corrected chi connectivity index (χ4v) is 4.50. The molecule has 0 aliphatic heterocycles. The van der Waals surface area contributed by atoms with E-state index in [1.807, 2.05) is 66.7 Å². The van der Waals surface area contributed by atoms with Gasteiger partial charge in [-0.25, -0.2) is 8.42 Å². The van der Waals surface area contributed by atoms with Gasteiger partial charge in [0.1, 0.15) is 0 Å². The highest BCUT2D eigenvalue weighted by molar-refractivity contribution is 7.92. The molecule has 160 valence electrons. The van der Waals surface area contributed by atoms with Gasteiger partial charge in [-0.15, -0.1) is 0 Å². The van der Waals surface area contributed by atoms with Crippen LogP contribution in [0, 0.1) is 0 Å². The van der Waals surface area contributed by atoms with E-state index >= 15 is 0 Å². The molecule has 6 heteroatoms. The highest BCUT2D eigenvalue weighted by Crippen LogP contribution is 2.27. The van der Waals surface area contributed by atoms with Crippen molar-refractivity contribution < 1.29 is 13.2 Å². The summed E-state index contributed by atoms with van der Waals surface area (Å²) in [6, 6.07) is 33.9. The molecule has 0 unspecified atom stereocenters. The molecule has 0 aliphatic rings. The predicted octanol–water partition coefficient (Wildman–Crippen LogP) is 5.26. The fraction of sp³-hybridized carbons (Fsp3) is 0.0385. The number of sulfonamides is 1. The maximum atomic E-state index is 13.2.